The maximum Gasteiger partial charge on any atom is 0.301 e. The molecule has 0 aliphatic heterocycles. The standard InChI is InChI=1S/C19H20N4O4/c24-22(25)15-11-12-18(19(13-15)23(26)27)21-20-17-10-6-2-5-9-16(17)14-7-3-1-4-8-14/h1,3-4,7-8,11-13,16,21H,2,5-6,9-10H2/t16-/m0/s1. The van der Waals surface area contributed by atoms with Crippen LogP contribution < -0.4 is 5.43 Å². The molecule has 1 fully saturated rings. The largest absolute Gasteiger partial charge is 0.301 e. The third kappa shape index (κ3) is 4.46. The number of nitrogens with zero attached hydrogens (tertiary/aromatic N) is 3. The lowest BCUT2D eigenvalue weighted by Crippen LogP contribution is -2.13. The van der Waals surface area contributed by atoms with Crippen molar-refractivity contribution in [1.29, 1.82) is 0 Å². The Balaban J connectivity index is 1.90. The van der Waals surface area contributed by atoms with E-state index in [1.807, 2.05) is 18.2 Å². The van der Waals surface area contributed by atoms with Gasteiger partial charge in [0.1, 0.15) is 5.69 Å². The highest BCUT2D eigenvalue weighted by molar-refractivity contribution is 5.92. The van der Waals surface area contributed by atoms with Gasteiger partial charge in [-0.3, -0.25) is 25.7 Å². The van der Waals surface area contributed by atoms with Crippen LogP contribution in [0.15, 0.2) is 53.6 Å². The second-order valence-electron chi connectivity index (χ2n) is 6.49. The Hall–Kier alpha value is -3.29. The van der Waals surface area contributed by atoms with Crippen molar-refractivity contribution in [2.24, 2.45) is 5.10 Å². The minimum absolute atomic E-state index is 0.147. The first-order valence-electron chi connectivity index (χ1n) is 8.86. The predicted octanol–water partition coefficient (Wildman–Crippen LogP) is 5.02. The van der Waals surface area contributed by atoms with Gasteiger partial charge in [0.2, 0.25) is 0 Å². The molecule has 1 saturated carbocycles. The summed E-state index contributed by atoms with van der Waals surface area (Å²) in [7, 11) is 0. The lowest BCUT2D eigenvalue weighted by atomic mass is 9.90. The third-order valence-electron chi connectivity index (χ3n) is 4.74. The Morgan fingerprint density at radius 3 is 2.44 bits per heavy atom. The maximum atomic E-state index is 11.3. The summed E-state index contributed by atoms with van der Waals surface area (Å²) in [6.45, 7) is 0. The van der Waals surface area contributed by atoms with Gasteiger partial charge in [-0.15, -0.1) is 0 Å². The minimum atomic E-state index is -0.653. The number of hydrogen-bond acceptors (Lipinski definition) is 6. The third-order valence-corrected chi connectivity index (χ3v) is 4.74. The van der Waals surface area contributed by atoms with Gasteiger partial charge in [-0.05, 0) is 30.9 Å². The monoisotopic (exact) mass is 368 g/mol. The van der Waals surface area contributed by atoms with Gasteiger partial charge in [-0.1, -0.05) is 43.2 Å². The summed E-state index contributed by atoms with van der Waals surface area (Å²) in [6, 6.07) is 13.6. The molecule has 1 aliphatic rings. The molecule has 2 aromatic rings. The first-order valence-corrected chi connectivity index (χ1v) is 8.86. The van der Waals surface area contributed by atoms with E-state index >= 15 is 0 Å². The summed E-state index contributed by atoms with van der Waals surface area (Å²) in [5, 5.41) is 26.6. The van der Waals surface area contributed by atoms with E-state index in [9.17, 15) is 20.2 Å². The summed E-state index contributed by atoms with van der Waals surface area (Å²) >= 11 is 0. The normalized spacial score (nSPS) is 18.7. The minimum Gasteiger partial charge on any atom is -0.272 e. The molecule has 0 saturated heterocycles. The molecule has 0 spiro atoms. The fourth-order valence-corrected chi connectivity index (χ4v) is 3.36. The number of anilines is 1. The van der Waals surface area contributed by atoms with Gasteiger partial charge in [0, 0.05) is 17.7 Å². The Bertz CT molecular complexity index is 867. The number of nitrogens with one attached hydrogen (secondary N) is 1. The second kappa shape index (κ2) is 8.39. The van der Waals surface area contributed by atoms with E-state index in [4.69, 9.17) is 0 Å². The van der Waals surface area contributed by atoms with Crippen molar-refractivity contribution >= 4 is 22.8 Å². The van der Waals surface area contributed by atoms with Crippen molar-refractivity contribution < 1.29 is 9.85 Å². The zero-order chi connectivity index (χ0) is 19.2. The van der Waals surface area contributed by atoms with Gasteiger partial charge in [0.25, 0.3) is 5.69 Å². The molecule has 1 N–H and O–H groups in total. The highest BCUT2D eigenvalue weighted by Crippen LogP contribution is 2.32. The molecule has 27 heavy (non-hydrogen) atoms. The summed E-state index contributed by atoms with van der Waals surface area (Å²) in [5.74, 6) is 0.165. The molecule has 8 heteroatoms. The fraction of sp³-hybridized carbons (Fsp3) is 0.316. The van der Waals surface area contributed by atoms with Crippen molar-refractivity contribution in [3.05, 3.63) is 74.3 Å². The van der Waals surface area contributed by atoms with Crippen molar-refractivity contribution in [2.45, 2.75) is 38.0 Å². The van der Waals surface area contributed by atoms with E-state index in [-0.39, 0.29) is 23.0 Å². The van der Waals surface area contributed by atoms with E-state index in [2.05, 4.69) is 22.7 Å². The van der Waals surface area contributed by atoms with Crippen LogP contribution in [0.5, 0.6) is 0 Å². The number of hydrogen-bond donors (Lipinski definition) is 1. The van der Waals surface area contributed by atoms with Gasteiger partial charge in [-0.25, -0.2) is 0 Å². The first-order chi connectivity index (χ1) is 13.1. The average molecular weight is 368 g/mol. The van der Waals surface area contributed by atoms with Crippen LogP contribution in [0.2, 0.25) is 0 Å². The fourth-order valence-electron chi connectivity index (χ4n) is 3.36. The molecule has 0 amide bonds. The van der Waals surface area contributed by atoms with Gasteiger partial charge in [0.05, 0.1) is 15.9 Å². The highest BCUT2D eigenvalue weighted by atomic mass is 16.6. The number of nitro benzene ring substituents is 2. The molecule has 0 radical (unpaired) electrons. The summed E-state index contributed by atoms with van der Waals surface area (Å²) < 4.78 is 0. The summed E-state index contributed by atoms with van der Waals surface area (Å²) in [4.78, 5) is 20.9. The van der Waals surface area contributed by atoms with E-state index in [1.54, 1.807) is 0 Å². The molecule has 8 nitrogen and oxygen atoms in total. The van der Waals surface area contributed by atoms with E-state index in [1.165, 1.54) is 17.7 Å². The molecule has 1 atom stereocenters. The molecule has 0 unspecified atom stereocenters. The quantitative estimate of drug-likeness (QED) is 0.452. The molecule has 2 aromatic carbocycles. The van der Waals surface area contributed by atoms with Crippen molar-refractivity contribution in [1.82, 2.24) is 0 Å². The molecule has 1 aliphatic carbocycles. The van der Waals surface area contributed by atoms with Crippen LogP contribution in [-0.4, -0.2) is 15.6 Å². The van der Waals surface area contributed by atoms with Crippen LogP contribution in [0.1, 0.15) is 43.6 Å². The Morgan fingerprint density at radius 1 is 0.963 bits per heavy atom. The van der Waals surface area contributed by atoms with Crippen molar-refractivity contribution in [2.75, 3.05) is 5.43 Å². The van der Waals surface area contributed by atoms with Crippen LogP contribution in [0, 0.1) is 20.2 Å². The van der Waals surface area contributed by atoms with Gasteiger partial charge in [0.15, 0.2) is 0 Å². The maximum absolute atomic E-state index is 11.3. The number of non-ortho nitro benzene ring substituents is 1. The van der Waals surface area contributed by atoms with Gasteiger partial charge >= 0.3 is 5.69 Å². The molecule has 0 heterocycles. The first kappa shape index (κ1) is 18.5. The Labute approximate surface area is 156 Å². The smallest absolute Gasteiger partial charge is 0.272 e. The lowest BCUT2D eigenvalue weighted by molar-refractivity contribution is -0.393. The predicted molar refractivity (Wildman–Crippen MR) is 103 cm³/mol. The van der Waals surface area contributed by atoms with Gasteiger partial charge < -0.3 is 0 Å². The lowest BCUT2D eigenvalue weighted by Gasteiger charge is -2.17. The summed E-state index contributed by atoms with van der Waals surface area (Å²) in [5.41, 5.74) is 4.37. The summed E-state index contributed by atoms with van der Waals surface area (Å²) in [6.07, 6.45) is 5.04. The van der Waals surface area contributed by atoms with Crippen LogP contribution >= 0.6 is 0 Å². The average Bonchev–Trinajstić information content (AvgIpc) is 2.92. The molecular formula is C19H20N4O4. The molecular weight excluding hydrogens is 348 g/mol. The topological polar surface area (TPSA) is 111 Å². The van der Waals surface area contributed by atoms with Crippen molar-refractivity contribution in [3.63, 3.8) is 0 Å². The number of rotatable bonds is 5. The zero-order valence-electron chi connectivity index (χ0n) is 14.7. The van der Waals surface area contributed by atoms with Gasteiger partial charge in [-0.2, -0.15) is 5.10 Å². The number of benzene rings is 2. The molecule has 3 rings (SSSR count). The van der Waals surface area contributed by atoms with Crippen molar-refractivity contribution in [3.8, 4) is 0 Å². The zero-order valence-corrected chi connectivity index (χ0v) is 14.7. The van der Waals surface area contributed by atoms with Crippen LogP contribution in [0.3, 0.4) is 0 Å². The Morgan fingerprint density at radius 2 is 1.74 bits per heavy atom. The number of hydrazone groups is 1. The molecule has 140 valence electrons. The van der Waals surface area contributed by atoms with Crippen LogP contribution in [0.25, 0.3) is 0 Å². The Kier molecular flexibility index (Phi) is 5.75. The molecule has 0 aromatic heterocycles. The highest BCUT2D eigenvalue weighted by Gasteiger charge is 2.23. The second-order valence-corrected chi connectivity index (χ2v) is 6.49. The number of nitro groups is 2. The van der Waals surface area contributed by atoms with E-state index in [0.717, 1.165) is 43.9 Å². The van der Waals surface area contributed by atoms with Crippen LogP contribution in [-0.2, 0) is 0 Å². The SMILES string of the molecule is O=[N+]([O-])c1ccc(NN=C2CCCCC[C@H]2c2ccccc2)c([N+](=O)[O-])c1. The van der Waals surface area contributed by atoms with Crippen LogP contribution in [0.4, 0.5) is 17.1 Å². The van der Waals surface area contributed by atoms with E-state index in [0.29, 0.717) is 0 Å². The molecule has 0 bridgehead atoms. The van der Waals surface area contributed by atoms with E-state index < -0.39 is 9.85 Å².